The van der Waals surface area contributed by atoms with Gasteiger partial charge in [0.2, 0.25) is 17.7 Å². The number of anilines is 3. The van der Waals surface area contributed by atoms with Crippen LogP contribution in [0.15, 0.2) is 30.3 Å². The number of para-hydroxylation sites is 1. The van der Waals surface area contributed by atoms with Crippen molar-refractivity contribution >= 4 is 23.6 Å². The fraction of sp³-hybridized carbons (Fsp3) is 0.167. The third kappa shape index (κ3) is 3.38. The van der Waals surface area contributed by atoms with Crippen LogP contribution in [-0.4, -0.2) is 27.5 Å². The van der Waals surface area contributed by atoms with Crippen molar-refractivity contribution in [2.75, 3.05) is 17.7 Å². The fourth-order valence-electron chi connectivity index (χ4n) is 1.39. The summed E-state index contributed by atoms with van der Waals surface area (Å²) < 4.78 is 4.81. The second-order valence-corrected chi connectivity index (χ2v) is 3.55. The molecule has 1 heterocycles. The third-order valence-electron chi connectivity index (χ3n) is 2.14. The lowest BCUT2D eigenvalue weighted by Gasteiger charge is -2.06. The highest BCUT2D eigenvalue weighted by atomic mass is 16.5. The lowest BCUT2D eigenvalue weighted by atomic mass is 10.3. The maximum Gasteiger partial charge on any atom is 0.376 e. The van der Waals surface area contributed by atoms with Gasteiger partial charge in [0.05, 0.1) is 6.61 Å². The molecule has 1 aromatic carbocycles. The number of esters is 1. The predicted octanol–water partition coefficient (Wildman–Crippen LogP) is 1.37. The molecule has 3 N–H and O–H groups in total. The van der Waals surface area contributed by atoms with Gasteiger partial charge in [-0.3, -0.25) is 0 Å². The van der Waals surface area contributed by atoms with Crippen LogP contribution in [0, 0.1) is 0 Å². The molecule has 0 fully saturated rings. The molecule has 2 rings (SSSR count). The minimum atomic E-state index is -0.632. The molecule has 1 aromatic heterocycles. The Balaban J connectivity index is 2.24. The summed E-state index contributed by atoms with van der Waals surface area (Å²) in [5.74, 6) is -0.598. The van der Waals surface area contributed by atoms with Gasteiger partial charge in [0.15, 0.2) is 0 Å². The number of ether oxygens (including phenoxy) is 1. The van der Waals surface area contributed by atoms with E-state index in [0.29, 0.717) is 0 Å². The van der Waals surface area contributed by atoms with Crippen molar-refractivity contribution in [1.29, 1.82) is 0 Å². The zero-order valence-electron chi connectivity index (χ0n) is 10.3. The van der Waals surface area contributed by atoms with Gasteiger partial charge < -0.3 is 15.8 Å². The van der Waals surface area contributed by atoms with Gasteiger partial charge in [0.25, 0.3) is 0 Å². The number of nitrogens with one attached hydrogen (secondary N) is 1. The van der Waals surface area contributed by atoms with Gasteiger partial charge in [-0.2, -0.15) is 15.0 Å². The van der Waals surface area contributed by atoms with Gasteiger partial charge in [-0.25, -0.2) is 4.79 Å². The number of hydrogen-bond donors (Lipinski definition) is 2. The molecule has 98 valence electrons. The van der Waals surface area contributed by atoms with Crippen molar-refractivity contribution in [3.63, 3.8) is 0 Å². The lowest BCUT2D eigenvalue weighted by molar-refractivity contribution is 0.0512. The van der Waals surface area contributed by atoms with E-state index in [1.807, 2.05) is 30.3 Å². The molecule has 0 unspecified atom stereocenters. The van der Waals surface area contributed by atoms with E-state index in [9.17, 15) is 4.79 Å². The number of rotatable bonds is 4. The van der Waals surface area contributed by atoms with Crippen LogP contribution in [0.25, 0.3) is 0 Å². The molecule has 0 aliphatic rings. The first-order chi connectivity index (χ1) is 9.19. The molecule has 0 aliphatic carbocycles. The van der Waals surface area contributed by atoms with Crippen molar-refractivity contribution in [3.8, 4) is 0 Å². The highest BCUT2D eigenvalue weighted by Crippen LogP contribution is 2.12. The summed E-state index contributed by atoms with van der Waals surface area (Å²) in [7, 11) is 0. The first kappa shape index (κ1) is 12.7. The standard InChI is InChI=1S/C12H13N5O2/c1-2-19-10(18)9-15-11(13)17-12(16-9)14-8-6-4-3-5-7-8/h3-7H,2H2,1H3,(H3,13,14,15,16,17). The Morgan fingerprint density at radius 3 is 2.68 bits per heavy atom. The van der Waals surface area contributed by atoms with Crippen LogP contribution in [0.3, 0.4) is 0 Å². The predicted molar refractivity (Wildman–Crippen MR) is 69.9 cm³/mol. The Bertz CT molecular complexity index is 574. The lowest BCUT2D eigenvalue weighted by Crippen LogP contribution is -2.14. The molecule has 2 aromatic rings. The van der Waals surface area contributed by atoms with Crippen LogP contribution in [-0.2, 0) is 4.74 Å². The first-order valence-electron chi connectivity index (χ1n) is 5.70. The quantitative estimate of drug-likeness (QED) is 0.799. The Morgan fingerprint density at radius 2 is 2.00 bits per heavy atom. The van der Waals surface area contributed by atoms with Crippen LogP contribution in [0.1, 0.15) is 17.5 Å². The van der Waals surface area contributed by atoms with Crippen molar-refractivity contribution in [2.45, 2.75) is 6.92 Å². The van der Waals surface area contributed by atoms with Gasteiger partial charge in [0, 0.05) is 5.69 Å². The van der Waals surface area contributed by atoms with Gasteiger partial charge in [-0.15, -0.1) is 0 Å². The topological polar surface area (TPSA) is 103 Å². The van der Waals surface area contributed by atoms with E-state index in [-0.39, 0.29) is 24.3 Å². The molecule has 19 heavy (non-hydrogen) atoms. The summed E-state index contributed by atoms with van der Waals surface area (Å²) >= 11 is 0. The Hall–Kier alpha value is -2.70. The summed E-state index contributed by atoms with van der Waals surface area (Å²) in [4.78, 5) is 23.1. The molecule has 7 nitrogen and oxygen atoms in total. The molecular formula is C12H13N5O2. The largest absolute Gasteiger partial charge is 0.460 e. The van der Waals surface area contributed by atoms with Gasteiger partial charge in [-0.1, -0.05) is 18.2 Å². The Kier molecular flexibility index (Phi) is 3.87. The molecule has 0 saturated carbocycles. The molecule has 0 aliphatic heterocycles. The van der Waals surface area contributed by atoms with Crippen LogP contribution in [0.4, 0.5) is 17.6 Å². The van der Waals surface area contributed by atoms with E-state index in [1.54, 1.807) is 6.92 Å². The van der Waals surface area contributed by atoms with E-state index in [4.69, 9.17) is 10.5 Å². The van der Waals surface area contributed by atoms with E-state index < -0.39 is 5.97 Å². The molecule has 0 spiro atoms. The van der Waals surface area contributed by atoms with E-state index >= 15 is 0 Å². The zero-order valence-corrected chi connectivity index (χ0v) is 10.3. The number of nitrogens with zero attached hydrogens (tertiary/aromatic N) is 3. The summed E-state index contributed by atoms with van der Waals surface area (Å²) in [6, 6.07) is 9.28. The van der Waals surface area contributed by atoms with Crippen LogP contribution in [0.2, 0.25) is 0 Å². The van der Waals surface area contributed by atoms with Crippen molar-refractivity contribution in [3.05, 3.63) is 36.2 Å². The van der Waals surface area contributed by atoms with Gasteiger partial charge in [-0.05, 0) is 19.1 Å². The van der Waals surface area contributed by atoms with E-state index in [2.05, 4.69) is 20.3 Å². The Labute approximate surface area is 109 Å². The second kappa shape index (κ2) is 5.76. The minimum Gasteiger partial charge on any atom is -0.460 e. The van der Waals surface area contributed by atoms with E-state index in [0.717, 1.165) is 5.69 Å². The van der Waals surface area contributed by atoms with Gasteiger partial charge >= 0.3 is 5.97 Å². The van der Waals surface area contributed by atoms with Gasteiger partial charge in [0.1, 0.15) is 0 Å². The van der Waals surface area contributed by atoms with Crippen molar-refractivity contribution in [1.82, 2.24) is 15.0 Å². The fourth-order valence-corrected chi connectivity index (χ4v) is 1.39. The Morgan fingerprint density at radius 1 is 1.26 bits per heavy atom. The molecule has 0 atom stereocenters. The van der Waals surface area contributed by atoms with Crippen LogP contribution in [0.5, 0.6) is 0 Å². The second-order valence-electron chi connectivity index (χ2n) is 3.55. The highest BCUT2D eigenvalue weighted by Gasteiger charge is 2.13. The monoisotopic (exact) mass is 259 g/mol. The number of aromatic nitrogens is 3. The maximum atomic E-state index is 11.5. The highest BCUT2D eigenvalue weighted by molar-refractivity contribution is 5.85. The summed E-state index contributed by atoms with van der Waals surface area (Å²) in [5.41, 5.74) is 6.32. The zero-order chi connectivity index (χ0) is 13.7. The normalized spacial score (nSPS) is 9.95. The first-order valence-corrected chi connectivity index (χ1v) is 5.70. The van der Waals surface area contributed by atoms with Crippen LogP contribution < -0.4 is 11.1 Å². The molecule has 0 saturated heterocycles. The number of nitrogens with two attached hydrogens (primary N) is 1. The maximum absolute atomic E-state index is 11.5. The number of carbonyl (C=O) groups is 1. The number of carbonyl (C=O) groups excluding carboxylic acids is 1. The SMILES string of the molecule is CCOC(=O)c1nc(N)nc(Nc2ccccc2)n1. The molecular weight excluding hydrogens is 246 g/mol. The summed E-state index contributed by atoms with van der Waals surface area (Å²) in [6.07, 6.45) is 0. The summed E-state index contributed by atoms with van der Waals surface area (Å²) in [5, 5.41) is 2.93. The summed E-state index contributed by atoms with van der Waals surface area (Å²) in [6.45, 7) is 1.94. The van der Waals surface area contributed by atoms with Crippen LogP contribution >= 0.6 is 0 Å². The molecule has 0 amide bonds. The van der Waals surface area contributed by atoms with E-state index in [1.165, 1.54) is 0 Å². The number of benzene rings is 1. The van der Waals surface area contributed by atoms with Crippen molar-refractivity contribution < 1.29 is 9.53 Å². The number of nitrogen functional groups attached to an aromatic ring is 1. The average molecular weight is 259 g/mol. The number of hydrogen-bond acceptors (Lipinski definition) is 7. The van der Waals surface area contributed by atoms with Crippen molar-refractivity contribution in [2.24, 2.45) is 0 Å². The smallest absolute Gasteiger partial charge is 0.376 e. The molecule has 0 bridgehead atoms. The minimum absolute atomic E-state index is 0.0449. The average Bonchev–Trinajstić information content (AvgIpc) is 2.39. The molecule has 7 heteroatoms. The molecule has 0 radical (unpaired) electrons. The third-order valence-corrected chi connectivity index (χ3v) is 2.14.